The Labute approximate surface area is 805 Å². The van der Waals surface area contributed by atoms with E-state index in [4.69, 9.17) is 58.1 Å². The van der Waals surface area contributed by atoms with Crippen LogP contribution in [0, 0.1) is 0 Å². The Kier molecular flexibility index (Phi) is 18.7. The highest BCUT2D eigenvalue weighted by molar-refractivity contribution is 6.17. The lowest BCUT2D eigenvalue weighted by Crippen LogP contribution is -2.00. The van der Waals surface area contributed by atoms with Crippen LogP contribution in [0.1, 0.15) is 0 Å². The van der Waals surface area contributed by atoms with E-state index in [0.29, 0.717) is 52.4 Å². The molecule has 24 aromatic carbocycles. The van der Waals surface area contributed by atoms with Crippen molar-refractivity contribution in [3.63, 3.8) is 0 Å². The third-order valence-corrected chi connectivity index (χ3v) is 27.7. The molecular weight excluding hydrogens is 1720 g/mol. The lowest BCUT2D eigenvalue weighted by atomic mass is 10.00. The molecule has 141 heavy (non-hydrogen) atoms. The Hall–Kier alpha value is -19.2. The van der Waals surface area contributed by atoms with Crippen molar-refractivity contribution < 1.29 is 13.3 Å². The molecule has 0 aliphatic heterocycles. The van der Waals surface area contributed by atoms with Gasteiger partial charge in [-0.15, -0.1) is 0 Å². The highest BCUT2D eigenvalue weighted by atomic mass is 16.3. The van der Waals surface area contributed by atoms with Crippen molar-refractivity contribution in [2.75, 3.05) is 0 Å². The van der Waals surface area contributed by atoms with Crippen molar-refractivity contribution in [3.8, 4) is 102 Å². The van der Waals surface area contributed by atoms with Crippen molar-refractivity contribution in [2.45, 2.75) is 0 Å². The maximum Gasteiger partial charge on any atom is 0.167 e. The van der Waals surface area contributed by atoms with Crippen molar-refractivity contribution in [1.82, 2.24) is 44.9 Å². The largest absolute Gasteiger partial charge is 0.456 e. The van der Waals surface area contributed by atoms with E-state index in [1.54, 1.807) is 0 Å². The van der Waals surface area contributed by atoms with Crippen LogP contribution in [0.15, 0.2) is 468 Å². The van der Waals surface area contributed by atoms with Gasteiger partial charge in [0.15, 0.2) is 52.4 Å². The van der Waals surface area contributed by atoms with Crippen LogP contribution < -0.4 is 0 Å². The van der Waals surface area contributed by atoms with Gasteiger partial charge in [-0.3, -0.25) is 0 Å². The molecule has 0 fully saturated rings. The minimum Gasteiger partial charge on any atom is -0.456 e. The number of hydrogen-bond acceptors (Lipinski definition) is 12. The number of hydrogen-bond donors (Lipinski definition) is 0. The summed E-state index contributed by atoms with van der Waals surface area (Å²) in [6.07, 6.45) is 0. The van der Waals surface area contributed by atoms with E-state index in [2.05, 4.69) is 437 Å². The highest BCUT2D eigenvalue weighted by Crippen LogP contribution is 2.44. The Balaban J connectivity index is 0.000000104. The van der Waals surface area contributed by atoms with Crippen molar-refractivity contribution in [1.29, 1.82) is 0 Å². The number of benzene rings is 24. The Bertz CT molecular complexity index is 10400. The van der Waals surface area contributed by atoms with Crippen LogP contribution in [0.3, 0.4) is 0 Å². The standard InChI is InChI=1S/3C43H25N3O/c1-2-10-28-22-32(19-16-26(28)8-1)41-44-42(33-20-21-35-31(23-33)18-17-27-9-5-6-13-34(27)35)46-43(45-41)37-15-7-14-36-38-24-29-11-3-4-12-30(29)25-39(38)47-40(36)37;1-2-9-28-21-32(16-13-26(28)7-1)41-44-42(33-17-19-36-31(22-33)15-14-27-8-5-6-12-35(27)36)46-43(45-41)34-18-20-39-37(24-34)38-23-29-10-3-4-11-30(29)25-40(38)47-39;1-2-9-28-21-32(16-13-26(28)7-1)41-44-42(33-17-19-36-31(22-33)15-14-27-8-5-6-12-35(27)36)46-43(45-41)34-18-20-37-38-23-29-10-3-4-11-30(29)24-40(38)47-39(37)25-34/h3*1-25H. The first kappa shape index (κ1) is 80.3. The average Bonchev–Trinajstić information content (AvgIpc) is 1.61. The lowest BCUT2D eigenvalue weighted by Gasteiger charge is -2.10. The molecule has 0 amide bonds. The van der Waals surface area contributed by atoms with Gasteiger partial charge in [-0.1, -0.05) is 346 Å². The first-order chi connectivity index (χ1) is 69.7. The Morgan fingerprint density at radius 3 is 0.723 bits per heavy atom. The first-order valence-corrected chi connectivity index (χ1v) is 47.3. The molecule has 0 bridgehead atoms. The molecule has 0 atom stereocenters. The predicted octanol–water partition coefficient (Wildman–Crippen LogP) is 34.2. The molecule has 0 saturated carbocycles. The quantitative estimate of drug-likeness (QED) is 0.126. The van der Waals surface area contributed by atoms with E-state index in [1.807, 2.05) is 18.2 Å². The van der Waals surface area contributed by atoms with Crippen LogP contribution in [0.4, 0.5) is 0 Å². The summed E-state index contributed by atoms with van der Waals surface area (Å²) >= 11 is 0. The first-order valence-electron chi connectivity index (χ1n) is 47.3. The van der Waals surface area contributed by atoms with Crippen LogP contribution in [-0.4, -0.2) is 44.9 Å². The minimum atomic E-state index is 0.575. The molecule has 12 nitrogen and oxygen atoms in total. The molecule has 30 rings (SSSR count). The number of aromatic nitrogens is 9. The zero-order valence-corrected chi connectivity index (χ0v) is 75.6. The van der Waals surface area contributed by atoms with Gasteiger partial charge in [-0.25, -0.2) is 44.9 Å². The van der Waals surface area contributed by atoms with Crippen LogP contribution in [0.25, 0.3) is 298 Å². The van der Waals surface area contributed by atoms with E-state index >= 15 is 0 Å². The van der Waals surface area contributed by atoms with E-state index < -0.39 is 0 Å². The average molecular weight is 1800 g/mol. The summed E-state index contributed by atoms with van der Waals surface area (Å²) in [4.78, 5) is 45.7. The highest BCUT2D eigenvalue weighted by Gasteiger charge is 2.24. The van der Waals surface area contributed by atoms with Gasteiger partial charge in [0.2, 0.25) is 0 Å². The van der Waals surface area contributed by atoms with E-state index in [9.17, 15) is 0 Å². The zero-order chi connectivity index (χ0) is 92.7. The van der Waals surface area contributed by atoms with Crippen molar-refractivity contribution in [2.24, 2.45) is 0 Å². The van der Waals surface area contributed by atoms with Crippen LogP contribution in [0.5, 0.6) is 0 Å². The molecule has 0 N–H and O–H groups in total. The minimum absolute atomic E-state index is 0.575. The molecule has 6 heterocycles. The summed E-state index contributed by atoms with van der Waals surface area (Å²) < 4.78 is 19.3. The van der Waals surface area contributed by atoms with Gasteiger partial charge in [0.25, 0.3) is 0 Å². The molecular formula is C129H75N9O3. The SMILES string of the molecule is c1ccc2cc(-c3nc(-c4ccc5c(ccc6ccccc65)c4)nc(-c4ccc5c(c4)oc4cc6ccccc6cc45)n3)ccc2c1.c1ccc2cc(-c3nc(-c4ccc5c(ccc6ccccc65)c4)nc(-c4ccc5oc6cc7ccccc7cc6c5c4)n3)ccc2c1.c1ccc2cc(-c3nc(-c4ccc5c(ccc6ccccc65)c4)nc(-c4cccc5c4oc4cc6ccccc6cc45)n3)ccc2c1. The van der Waals surface area contributed by atoms with Gasteiger partial charge >= 0.3 is 0 Å². The fourth-order valence-corrected chi connectivity index (χ4v) is 20.6. The molecule has 0 unspecified atom stereocenters. The van der Waals surface area contributed by atoms with Crippen LogP contribution >= 0.6 is 0 Å². The smallest absolute Gasteiger partial charge is 0.167 e. The van der Waals surface area contributed by atoms with Gasteiger partial charge in [0.05, 0.1) is 5.56 Å². The fraction of sp³-hybridized carbons (Fsp3) is 0. The lowest BCUT2D eigenvalue weighted by molar-refractivity contribution is 0.669. The normalized spacial score (nSPS) is 11.8. The molecule has 0 radical (unpaired) electrons. The topological polar surface area (TPSA) is 155 Å². The summed E-state index contributed by atoms with van der Waals surface area (Å²) in [5, 5.41) is 34.8. The van der Waals surface area contributed by atoms with E-state index in [1.165, 1.54) is 80.8 Å². The number of para-hydroxylation sites is 1. The fourth-order valence-electron chi connectivity index (χ4n) is 20.6. The number of fused-ring (bicyclic) bond motifs is 24. The second-order valence-corrected chi connectivity index (χ2v) is 36.3. The van der Waals surface area contributed by atoms with Crippen molar-refractivity contribution >= 4 is 195 Å². The van der Waals surface area contributed by atoms with E-state index in [-0.39, 0.29) is 0 Å². The van der Waals surface area contributed by atoms with Crippen LogP contribution in [-0.2, 0) is 0 Å². The molecule has 0 spiro atoms. The molecule has 0 saturated heterocycles. The predicted molar refractivity (Wildman–Crippen MR) is 580 cm³/mol. The number of nitrogens with zero attached hydrogens (tertiary/aromatic N) is 9. The molecule has 6 aromatic heterocycles. The number of rotatable bonds is 9. The molecule has 12 heteroatoms. The summed E-state index contributed by atoms with van der Waals surface area (Å²) in [6, 6.07) is 159. The Morgan fingerprint density at radius 2 is 0.340 bits per heavy atom. The van der Waals surface area contributed by atoms with Crippen LogP contribution in [0.2, 0.25) is 0 Å². The van der Waals surface area contributed by atoms with E-state index in [0.717, 1.165) is 164 Å². The van der Waals surface area contributed by atoms with Gasteiger partial charge in [-0.05, 0) is 238 Å². The van der Waals surface area contributed by atoms with Gasteiger partial charge in [-0.2, -0.15) is 0 Å². The second-order valence-electron chi connectivity index (χ2n) is 36.3. The van der Waals surface area contributed by atoms with Gasteiger partial charge in [0, 0.05) is 76.8 Å². The monoisotopic (exact) mass is 1800 g/mol. The third-order valence-electron chi connectivity index (χ3n) is 27.7. The summed E-state index contributed by atoms with van der Waals surface area (Å²) in [6.45, 7) is 0. The summed E-state index contributed by atoms with van der Waals surface area (Å²) in [7, 11) is 0. The molecule has 654 valence electrons. The number of furan rings is 3. The molecule has 0 aliphatic carbocycles. The maximum atomic E-state index is 6.59. The third kappa shape index (κ3) is 14.3. The molecule has 30 aromatic rings. The summed E-state index contributed by atoms with van der Waals surface area (Å²) in [5.41, 5.74) is 13.2. The zero-order valence-electron chi connectivity index (χ0n) is 75.6. The van der Waals surface area contributed by atoms with Gasteiger partial charge < -0.3 is 13.3 Å². The summed E-state index contributed by atoms with van der Waals surface area (Å²) in [5.74, 6) is 5.56. The molecule has 0 aliphatic rings. The maximum absolute atomic E-state index is 6.59. The Morgan fingerprint density at radius 1 is 0.113 bits per heavy atom. The second kappa shape index (κ2) is 32.8. The van der Waals surface area contributed by atoms with Crippen molar-refractivity contribution in [3.05, 3.63) is 455 Å². The van der Waals surface area contributed by atoms with Gasteiger partial charge in [0.1, 0.15) is 33.5 Å².